The molecular formula is C13H15F2N3S. The molecule has 0 aliphatic carbocycles. The maximum absolute atomic E-state index is 12.3. The zero-order valence-electron chi connectivity index (χ0n) is 10.7. The van der Waals surface area contributed by atoms with Crippen molar-refractivity contribution in [2.75, 3.05) is 7.05 Å². The molecule has 0 saturated heterocycles. The normalized spacial score (nSPS) is 11.2. The molecule has 0 spiro atoms. The summed E-state index contributed by atoms with van der Waals surface area (Å²) in [5.74, 6) is -2.39. The molecule has 1 aromatic heterocycles. The van der Waals surface area contributed by atoms with Crippen molar-refractivity contribution in [3.05, 3.63) is 36.0 Å². The molecule has 0 saturated carbocycles. The van der Waals surface area contributed by atoms with Crippen LogP contribution >= 0.6 is 11.8 Å². The molecule has 1 aromatic carbocycles. The van der Waals surface area contributed by atoms with Crippen molar-refractivity contribution in [2.24, 2.45) is 7.05 Å². The van der Waals surface area contributed by atoms with Crippen molar-refractivity contribution in [2.45, 2.75) is 17.2 Å². The fourth-order valence-corrected chi connectivity index (χ4v) is 2.39. The first-order chi connectivity index (χ1) is 9.10. The summed E-state index contributed by atoms with van der Waals surface area (Å²) >= 11 is 0.551. The van der Waals surface area contributed by atoms with Gasteiger partial charge in [-0.2, -0.15) is 13.9 Å². The molecule has 0 aliphatic heterocycles. The molecule has 6 heteroatoms. The quantitative estimate of drug-likeness (QED) is 0.855. The second kappa shape index (κ2) is 6.16. The van der Waals surface area contributed by atoms with Gasteiger partial charge in [0.1, 0.15) is 0 Å². The molecule has 2 rings (SSSR count). The van der Waals surface area contributed by atoms with Gasteiger partial charge in [-0.1, -0.05) is 23.9 Å². The number of halogens is 2. The topological polar surface area (TPSA) is 29.9 Å². The van der Waals surface area contributed by atoms with E-state index in [1.165, 1.54) is 0 Å². The number of benzene rings is 1. The van der Waals surface area contributed by atoms with Crippen LogP contribution in [0.4, 0.5) is 8.78 Å². The minimum absolute atomic E-state index is 0.551. The van der Waals surface area contributed by atoms with Gasteiger partial charge in [0, 0.05) is 35.8 Å². The molecule has 0 fully saturated rings. The predicted molar refractivity (Wildman–Crippen MR) is 73.3 cm³/mol. The fourth-order valence-electron chi connectivity index (χ4n) is 1.89. The number of hydrogen-bond donors (Lipinski definition) is 1. The molecule has 1 heterocycles. The molecule has 0 atom stereocenters. The number of aryl methyl sites for hydroxylation is 1. The lowest BCUT2D eigenvalue weighted by molar-refractivity contribution is 0.252. The molecule has 2 aromatic rings. The van der Waals surface area contributed by atoms with E-state index in [1.807, 2.05) is 32.4 Å². The second-order valence-corrected chi connectivity index (χ2v) is 5.17. The molecule has 102 valence electrons. The van der Waals surface area contributed by atoms with Crippen LogP contribution in [0.15, 0.2) is 35.4 Å². The smallest absolute Gasteiger partial charge is 0.288 e. The van der Waals surface area contributed by atoms with E-state index in [-0.39, 0.29) is 0 Å². The summed E-state index contributed by atoms with van der Waals surface area (Å²) in [5, 5.41) is 7.50. The Labute approximate surface area is 115 Å². The van der Waals surface area contributed by atoms with E-state index in [0.29, 0.717) is 16.7 Å². The summed E-state index contributed by atoms with van der Waals surface area (Å²) in [5.41, 5.74) is 2.90. The zero-order chi connectivity index (χ0) is 13.8. The van der Waals surface area contributed by atoms with Crippen LogP contribution in [-0.2, 0) is 13.6 Å². The number of nitrogens with zero attached hydrogens (tertiary/aromatic N) is 2. The van der Waals surface area contributed by atoms with Crippen molar-refractivity contribution >= 4 is 11.8 Å². The van der Waals surface area contributed by atoms with Crippen LogP contribution in [-0.4, -0.2) is 22.6 Å². The number of nitrogens with one attached hydrogen (secondary N) is 1. The Morgan fingerprint density at radius 3 is 2.58 bits per heavy atom. The van der Waals surface area contributed by atoms with Gasteiger partial charge in [-0.15, -0.1) is 0 Å². The summed E-state index contributed by atoms with van der Waals surface area (Å²) in [4.78, 5) is 0.560. The fraction of sp³-hybridized carbons (Fsp3) is 0.308. The van der Waals surface area contributed by atoms with Crippen molar-refractivity contribution in [3.8, 4) is 11.3 Å². The first-order valence-electron chi connectivity index (χ1n) is 5.82. The monoisotopic (exact) mass is 283 g/mol. The Kier molecular flexibility index (Phi) is 4.55. The third-order valence-electron chi connectivity index (χ3n) is 2.62. The summed E-state index contributed by atoms with van der Waals surface area (Å²) in [6, 6.07) is 7.05. The number of aromatic nitrogens is 2. The highest BCUT2D eigenvalue weighted by Gasteiger charge is 2.10. The Hall–Kier alpha value is -1.40. The third-order valence-corrected chi connectivity index (χ3v) is 3.35. The van der Waals surface area contributed by atoms with Gasteiger partial charge in [-0.25, -0.2) is 0 Å². The largest absolute Gasteiger partial charge is 0.316 e. The molecule has 0 bridgehead atoms. The summed E-state index contributed by atoms with van der Waals surface area (Å²) in [7, 11) is 3.74. The average molecular weight is 283 g/mol. The molecule has 3 nitrogen and oxygen atoms in total. The van der Waals surface area contributed by atoms with Crippen LogP contribution in [0.25, 0.3) is 11.3 Å². The van der Waals surface area contributed by atoms with Crippen LogP contribution in [0.5, 0.6) is 0 Å². The first kappa shape index (κ1) is 14.0. The molecule has 0 unspecified atom stereocenters. The van der Waals surface area contributed by atoms with E-state index in [0.717, 1.165) is 23.4 Å². The van der Waals surface area contributed by atoms with Gasteiger partial charge in [-0.05, 0) is 19.2 Å². The lowest BCUT2D eigenvalue weighted by Gasteiger charge is -2.04. The van der Waals surface area contributed by atoms with Gasteiger partial charge >= 0.3 is 0 Å². The first-order valence-corrected chi connectivity index (χ1v) is 6.70. The molecule has 0 aliphatic rings. The number of thioether (sulfide) groups is 1. The SMILES string of the molecule is CNCc1cn(C)nc1-c1ccc(SC(F)F)cc1. The Morgan fingerprint density at radius 2 is 2.00 bits per heavy atom. The van der Waals surface area contributed by atoms with Crippen LogP contribution in [0, 0.1) is 0 Å². The van der Waals surface area contributed by atoms with E-state index in [9.17, 15) is 8.78 Å². The third kappa shape index (κ3) is 3.54. The van der Waals surface area contributed by atoms with Gasteiger partial charge < -0.3 is 5.32 Å². The Bertz CT molecular complexity index is 537. The summed E-state index contributed by atoms with van der Waals surface area (Å²) in [6.45, 7) is 0.719. The lowest BCUT2D eigenvalue weighted by atomic mass is 10.1. The van der Waals surface area contributed by atoms with E-state index in [4.69, 9.17) is 0 Å². The standard InChI is InChI=1S/C13H15F2N3S/c1-16-7-10-8-18(2)17-12(10)9-3-5-11(6-4-9)19-13(14)15/h3-6,8,13,16H,7H2,1-2H3. The highest BCUT2D eigenvalue weighted by molar-refractivity contribution is 7.99. The maximum atomic E-state index is 12.3. The number of alkyl halides is 2. The van der Waals surface area contributed by atoms with E-state index in [2.05, 4.69) is 10.4 Å². The van der Waals surface area contributed by atoms with E-state index < -0.39 is 5.76 Å². The number of rotatable bonds is 5. The minimum atomic E-state index is -2.39. The van der Waals surface area contributed by atoms with Crippen LogP contribution in [0.2, 0.25) is 0 Å². The summed E-state index contributed by atoms with van der Waals surface area (Å²) < 4.78 is 26.3. The van der Waals surface area contributed by atoms with Gasteiger partial charge in [-0.3, -0.25) is 4.68 Å². The zero-order valence-corrected chi connectivity index (χ0v) is 11.5. The van der Waals surface area contributed by atoms with Crippen molar-refractivity contribution in [3.63, 3.8) is 0 Å². The van der Waals surface area contributed by atoms with Crippen molar-refractivity contribution in [1.82, 2.24) is 15.1 Å². The molecular weight excluding hydrogens is 268 g/mol. The highest BCUT2D eigenvalue weighted by Crippen LogP contribution is 2.28. The highest BCUT2D eigenvalue weighted by atomic mass is 32.2. The Morgan fingerprint density at radius 1 is 1.32 bits per heavy atom. The van der Waals surface area contributed by atoms with E-state index >= 15 is 0 Å². The second-order valence-electron chi connectivity index (χ2n) is 4.11. The van der Waals surface area contributed by atoms with Gasteiger partial charge in [0.15, 0.2) is 0 Å². The molecule has 19 heavy (non-hydrogen) atoms. The molecule has 1 N–H and O–H groups in total. The van der Waals surface area contributed by atoms with Gasteiger partial charge in [0.25, 0.3) is 5.76 Å². The lowest BCUT2D eigenvalue weighted by Crippen LogP contribution is -2.05. The predicted octanol–water partition coefficient (Wildman–Crippen LogP) is 3.12. The van der Waals surface area contributed by atoms with Crippen LogP contribution < -0.4 is 5.32 Å². The summed E-state index contributed by atoms with van der Waals surface area (Å²) in [6.07, 6.45) is 1.95. The minimum Gasteiger partial charge on any atom is -0.316 e. The van der Waals surface area contributed by atoms with Gasteiger partial charge in [0.05, 0.1) is 5.69 Å². The van der Waals surface area contributed by atoms with Crippen molar-refractivity contribution < 1.29 is 8.78 Å². The maximum Gasteiger partial charge on any atom is 0.288 e. The molecule has 0 amide bonds. The van der Waals surface area contributed by atoms with Crippen molar-refractivity contribution in [1.29, 1.82) is 0 Å². The van der Waals surface area contributed by atoms with Crippen LogP contribution in [0.3, 0.4) is 0 Å². The van der Waals surface area contributed by atoms with Gasteiger partial charge in [0.2, 0.25) is 0 Å². The van der Waals surface area contributed by atoms with E-state index in [1.54, 1.807) is 16.8 Å². The van der Waals surface area contributed by atoms with Crippen LogP contribution in [0.1, 0.15) is 5.56 Å². The average Bonchev–Trinajstić information content (AvgIpc) is 2.71. The number of hydrogen-bond acceptors (Lipinski definition) is 3. The Balaban J connectivity index is 2.26. The molecule has 0 radical (unpaired) electrons.